The first-order chi connectivity index (χ1) is 15.5. The lowest BCUT2D eigenvalue weighted by atomic mass is 10.0. The van der Waals surface area contributed by atoms with Crippen LogP contribution in [0.15, 0.2) is 42.5 Å². The fourth-order valence-corrected chi connectivity index (χ4v) is 4.47. The number of benzene rings is 2. The maximum atomic E-state index is 13.0. The lowest BCUT2D eigenvalue weighted by Crippen LogP contribution is -2.52. The number of amides is 3. The molecular formula is C24H22N4O4. The average Bonchev–Trinajstić information content (AvgIpc) is 3.11. The van der Waals surface area contributed by atoms with E-state index >= 15 is 0 Å². The van der Waals surface area contributed by atoms with Gasteiger partial charge in [-0.15, -0.1) is 0 Å². The molecule has 0 aliphatic carbocycles. The highest BCUT2D eigenvalue weighted by Crippen LogP contribution is 2.39. The molecule has 162 valence electrons. The number of hydrogen-bond acceptors (Lipinski definition) is 6. The van der Waals surface area contributed by atoms with Crippen LogP contribution in [0.4, 0.5) is 5.82 Å². The van der Waals surface area contributed by atoms with Gasteiger partial charge in [-0.2, -0.15) is 0 Å². The number of nitrogens with one attached hydrogen (secondary N) is 1. The zero-order valence-corrected chi connectivity index (χ0v) is 17.6. The molecule has 1 fully saturated rings. The van der Waals surface area contributed by atoms with Crippen molar-refractivity contribution in [3.63, 3.8) is 0 Å². The van der Waals surface area contributed by atoms with Gasteiger partial charge in [0.1, 0.15) is 17.6 Å². The number of hydrogen-bond donors (Lipinski definition) is 2. The number of imide groups is 1. The molecule has 1 aromatic heterocycles. The number of ether oxygens (including phenoxy) is 1. The monoisotopic (exact) mass is 430 g/mol. The quantitative estimate of drug-likeness (QED) is 0.615. The molecule has 3 aromatic rings. The van der Waals surface area contributed by atoms with Crippen LogP contribution in [0.25, 0.3) is 22.0 Å². The van der Waals surface area contributed by atoms with Crippen LogP contribution < -0.4 is 15.8 Å². The molecular weight excluding hydrogens is 408 g/mol. The Kier molecular flexibility index (Phi) is 4.77. The molecule has 0 spiro atoms. The zero-order chi connectivity index (χ0) is 22.4. The third-order valence-corrected chi connectivity index (χ3v) is 5.98. The maximum absolute atomic E-state index is 13.0. The smallest absolute Gasteiger partial charge is 0.255 e. The second-order valence-corrected chi connectivity index (χ2v) is 7.93. The van der Waals surface area contributed by atoms with E-state index in [-0.39, 0.29) is 18.2 Å². The summed E-state index contributed by atoms with van der Waals surface area (Å²) in [6.07, 6.45) is 0.550. The number of piperidine rings is 1. The van der Waals surface area contributed by atoms with Gasteiger partial charge < -0.3 is 15.4 Å². The number of rotatable bonds is 4. The number of carbonyl (C=O) groups is 3. The van der Waals surface area contributed by atoms with Gasteiger partial charge in [-0.1, -0.05) is 30.3 Å². The highest BCUT2D eigenvalue weighted by atomic mass is 16.5. The summed E-state index contributed by atoms with van der Waals surface area (Å²) in [6, 6.07) is 12.5. The molecule has 3 N–H and O–H groups in total. The molecule has 3 heterocycles. The number of nitrogen functional groups attached to an aromatic ring is 1. The van der Waals surface area contributed by atoms with Crippen LogP contribution in [0.1, 0.15) is 35.7 Å². The molecule has 2 aliphatic heterocycles. The minimum Gasteiger partial charge on any atom is -0.491 e. The van der Waals surface area contributed by atoms with Crippen LogP contribution in [-0.4, -0.2) is 40.3 Å². The number of aromatic nitrogens is 1. The Balaban J connectivity index is 1.55. The number of anilines is 1. The Bertz CT molecular complexity index is 1290. The second-order valence-electron chi connectivity index (χ2n) is 7.93. The number of nitrogens with zero attached hydrogens (tertiary/aromatic N) is 2. The van der Waals surface area contributed by atoms with Crippen LogP contribution in [0.3, 0.4) is 0 Å². The molecule has 32 heavy (non-hydrogen) atoms. The molecule has 2 aromatic carbocycles. The standard InChI is InChI=1S/C24H22N4O4/c1-2-32-21-16-5-3-4-6-17(16)22(25)27-20(21)13-7-8-15-14(11-13)12-28(24(15)31)18-9-10-19(29)26-23(18)30/h3-8,11,18H,2,9-10,12H2,1H3,(H2,25,27)(H,26,29,30)/t18-/m0/s1. The highest BCUT2D eigenvalue weighted by molar-refractivity contribution is 6.06. The van der Waals surface area contributed by atoms with Gasteiger partial charge in [0.25, 0.3) is 5.91 Å². The first-order valence-electron chi connectivity index (χ1n) is 10.6. The summed E-state index contributed by atoms with van der Waals surface area (Å²) in [5, 5.41) is 4.02. The van der Waals surface area contributed by atoms with Gasteiger partial charge in [-0.3, -0.25) is 19.7 Å². The van der Waals surface area contributed by atoms with E-state index in [1.54, 1.807) is 6.07 Å². The molecule has 1 saturated heterocycles. The Morgan fingerprint density at radius 2 is 1.94 bits per heavy atom. The van der Waals surface area contributed by atoms with E-state index in [0.717, 1.165) is 21.9 Å². The topological polar surface area (TPSA) is 115 Å². The van der Waals surface area contributed by atoms with E-state index in [2.05, 4.69) is 10.3 Å². The molecule has 5 rings (SSSR count). The molecule has 3 amide bonds. The van der Waals surface area contributed by atoms with E-state index in [1.807, 2.05) is 43.3 Å². The van der Waals surface area contributed by atoms with Crippen LogP contribution in [0.5, 0.6) is 5.75 Å². The van der Waals surface area contributed by atoms with Crippen molar-refractivity contribution in [2.45, 2.75) is 32.4 Å². The average molecular weight is 430 g/mol. The number of nitrogens with two attached hydrogens (primary N) is 1. The van der Waals surface area contributed by atoms with E-state index in [4.69, 9.17) is 10.5 Å². The first kappa shape index (κ1) is 20.0. The first-order valence-corrected chi connectivity index (χ1v) is 10.6. The van der Waals surface area contributed by atoms with Gasteiger partial charge in [0, 0.05) is 34.9 Å². The minimum atomic E-state index is -0.649. The predicted octanol–water partition coefficient (Wildman–Crippen LogP) is 2.64. The largest absolute Gasteiger partial charge is 0.491 e. The van der Waals surface area contributed by atoms with Crippen molar-refractivity contribution >= 4 is 34.3 Å². The van der Waals surface area contributed by atoms with Crippen LogP contribution in [0, 0.1) is 0 Å². The lowest BCUT2D eigenvalue weighted by Gasteiger charge is -2.29. The number of carbonyl (C=O) groups excluding carboxylic acids is 3. The summed E-state index contributed by atoms with van der Waals surface area (Å²) in [4.78, 5) is 42.9. The lowest BCUT2D eigenvalue weighted by molar-refractivity contribution is -0.136. The fourth-order valence-electron chi connectivity index (χ4n) is 4.47. The summed E-state index contributed by atoms with van der Waals surface area (Å²) in [5.74, 6) is 0.104. The Labute approximate surface area is 184 Å². The Morgan fingerprint density at radius 3 is 2.69 bits per heavy atom. The molecule has 0 saturated carbocycles. The molecule has 1 atom stereocenters. The third-order valence-electron chi connectivity index (χ3n) is 5.98. The molecule has 0 radical (unpaired) electrons. The molecule has 0 bridgehead atoms. The third kappa shape index (κ3) is 3.15. The molecule has 2 aliphatic rings. The zero-order valence-electron chi connectivity index (χ0n) is 17.6. The van der Waals surface area contributed by atoms with E-state index in [9.17, 15) is 14.4 Å². The summed E-state index contributed by atoms with van der Waals surface area (Å²) >= 11 is 0. The molecule has 8 nitrogen and oxygen atoms in total. The maximum Gasteiger partial charge on any atom is 0.255 e. The van der Waals surface area contributed by atoms with Crippen molar-refractivity contribution in [2.24, 2.45) is 0 Å². The van der Waals surface area contributed by atoms with Crippen molar-refractivity contribution in [1.82, 2.24) is 15.2 Å². The van der Waals surface area contributed by atoms with Gasteiger partial charge in [0.15, 0.2) is 5.75 Å². The highest BCUT2D eigenvalue weighted by Gasteiger charge is 2.39. The van der Waals surface area contributed by atoms with Crippen molar-refractivity contribution in [2.75, 3.05) is 12.3 Å². The van der Waals surface area contributed by atoms with Gasteiger partial charge in [0.05, 0.1) is 6.61 Å². The van der Waals surface area contributed by atoms with Crippen molar-refractivity contribution < 1.29 is 19.1 Å². The van der Waals surface area contributed by atoms with Crippen molar-refractivity contribution in [3.05, 3.63) is 53.6 Å². The second kappa shape index (κ2) is 7.64. The summed E-state index contributed by atoms with van der Waals surface area (Å²) in [7, 11) is 0. The number of pyridine rings is 1. The van der Waals surface area contributed by atoms with E-state index in [0.29, 0.717) is 42.4 Å². The number of fused-ring (bicyclic) bond motifs is 2. The van der Waals surface area contributed by atoms with Crippen LogP contribution in [0.2, 0.25) is 0 Å². The van der Waals surface area contributed by atoms with Crippen molar-refractivity contribution in [3.8, 4) is 17.0 Å². The van der Waals surface area contributed by atoms with Crippen LogP contribution >= 0.6 is 0 Å². The summed E-state index contributed by atoms with van der Waals surface area (Å²) < 4.78 is 5.96. The Morgan fingerprint density at radius 1 is 1.16 bits per heavy atom. The predicted molar refractivity (Wildman–Crippen MR) is 119 cm³/mol. The van der Waals surface area contributed by atoms with Gasteiger partial charge in [-0.05, 0) is 31.0 Å². The minimum absolute atomic E-state index is 0.211. The summed E-state index contributed by atoms with van der Waals surface area (Å²) in [5.41, 5.74) is 8.97. The van der Waals surface area contributed by atoms with Gasteiger partial charge in [-0.25, -0.2) is 4.98 Å². The van der Waals surface area contributed by atoms with Gasteiger partial charge in [0.2, 0.25) is 11.8 Å². The SMILES string of the molecule is CCOc1c(-c2ccc3c(c2)CN([C@H]2CCC(=O)NC2=O)C3=O)nc(N)c2ccccc12. The Hall–Kier alpha value is -3.94. The van der Waals surface area contributed by atoms with E-state index < -0.39 is 11.9 Å². The van der Waals surface area contributed by atoms with E-state index in [1.165, 1.54) is 4.90 Å². The molecule has 8 heteroatoms. The summed E-state index contributed by atoms with van der Waals surface area (Å²) in [6.45, 7) is 2.67. The normalized spacial score (nSPS) is 18.1. The van der Waals surface area contributed by atoms with Gasteiger partial charge >= 0.3 is 0 Å². The molecule has 0 unspecified atom stereocenters. The van der Waals surface area contributed by atoms with Crippen molar-refractivity contribution in [1.29, 1.82) is 0 Å². The fraction of sp³-hybridized carbons (Fsp3) is 0.250. The van der Waals surface area contributed by atoms with Crippen LogP contribution in [-0.2, 0) is 16.1 Å².